The Hall–Kier alpha value is -2.47. The van der Waals surface area contributed by atoms with Gasteiger partial charge in [-0.3, -0.25) is 4.90 Å². The molecule has 3 rings (SSSR count). The second-order valence-electron chi connectivity index (χ2n) is 6.86. The standard InChI is InChI=1S/C21H25F2N3O/c1-2-26(21(27)24-13-17-8-9-19(22)20(23)12-17)18-10-11-25(15-18)14-16-6-4-3-5-7-16/h3-9,12,18H,2,10-11,13-15H2,1H3,(H,24,27). The van der Waals surface area contributed by atoms with E-state index < -0.39 is 11.6 Å². The molecule has 144 valence electrons. The molecule has 2 aromatic carbocycles. The molecule has 1 aliphatic heterocycles. The van der Waals surface area contributed by atoms with E-state index in [4.69, 9.17) is 0 Å². The first-order valence-corrected chi connectivity index (χ1v) is 9.31. The summed E-state index contributed by atoms with van der Waals surface area (Å²) in [6.45, 7) is 5.40. The summed E-state index contributed by atoms with van der Waals surface area (Å²) in [5, 5.41) is 2.82. The zero-order valence-electron chi connectivity index (χ0n) is 15.5. The molecule has 0 aromatic heterocycles. The maximum Gasteiger partial charge on any atom is 0.317 e. The molecule has 2 aromatic rings. The first kappa shape index (κ1) is 19.3. The minimum atomic E-state index is -0.901. The lowest BCUT2D eigenvalue weighted by molar-refractivity contribution is 0.176. The van der Waals surface area contributed by atoms with Crippen molar-refractivity contribution < 1.29 is 13.6 Å². The summed E-state index contributed by atoms with van der Waals surface area (Å²) in [6, 6.07) is 13.9. The van der Waals surface area contributed by atoms with E-state index in [9.17, 15) is 13.6 Å². The van der Waals surface area contributed by atoms with Gasteiger partial charge in [-0.1, -0.05) is 36.4 Å². The summed E-state index contributed by atoms with van der Waals surface area (Å²) in [4.78, 5) is 16.8. The molecule has 1 heterocycles. The van der Waals surface area contributed by atoms with Gasteiger partial charge in [0.2, 0.25) is 0 Å². The monoisotopic (exact) mass is 373 g/mol. The van der Waals surface area contributed by atoms with E-state index in [-0.39, 0.29) is 18.6 Å². The van der Waals surface area contributed by atoms with Gasteiger partial charge in [0.25, 0.3) is 0 Å². The van der Waals surface area contributed by atoms with Gasteiger partial charge in [-0.2, -0.15) is 0 Å². The van der Waals surface area contributed by atoms with Crippen LogP contribution in [0.1, 0.15) is 24.5 Å². The van der Waals surface area contributed by atoms with Crippen LogP contribution in [0.5, 0.6) is 0 Å². The van der Waals surface area contributed by atoms with Gasteiger partial charge in [0.05, 0.1) is 0 Å². The minimum absolute atomic E-state index is 0.156. The van der Waals surface area contributed by atoms with Gasteiger partial charge in [0, 0.05) is 38.8 Å². The largest absolute Gasteiger partial charge is 0.334 e. The lowest BCUT2D eigenvalue weighted by atomic mass is 10.2. The predicted molar refractivity (Wildman–Crippen MR) is 101 cm³/mol. The summed E-state index contributed by atoms with van der Waals surface area (Å²) in [5.41, 5.74) is 1.81. The van der Waals surface area contributed by atoms with Crippen molar-refractivity contribution in [2.24, 2.45) is 0 Å². The van der Waals surface area contributed by atoms with Gasteiger partial charge >= 0.3 is 6.03 Å². The fourth-order valence-corrected chi connectivity index (χ4v) is 3.55. The van der Waals surface area contributed by atoms with Crippen LogP contribution in [0, 0.1) is 11.6 Å². The van der Waals surface area contributed by atoms with Crippen molar-refractivity contribution in [3.8, 4) is 0 Å². The van der Waals surface area contributed by atoms with Gasteiger partial charge in [0.1, 0.15) is 0 Å². The Morgan fingerprint density at radius 1 is 1.15 bits per heavy atom. The highest BCUT2D eigenvalue weighted by molar-refractivity contribution is 5.74. The predicted octanol–water partition coefficient (Wildman–Crippen LogP) is 3.77. The van der Waals surface area contributed by atoms with E-state index in [2.05, 4.69) is 22.3 Å². The lowest BCUT2D eigenvalue weighted by Gasteiger charge is -2.28. The van der Waals surface area contributed by atoms with Crippen LogP contribution in [0.15, 0.2) is 48.5 Å². The molecule has 0 bridgehead atoms. The maximum atomic E-state index is 13.3. The summed E-state index contributed by atoms with van der Waals surface area (Å²) in [5.74, 6) is -1.79. The molecule has 0 radical (unpaired) electrons. The van der Waals surface area contributed by atoms with Crippen LogP contribution in [0.25, 0.3) is 0 Å². The molecule has 1 saturated heterocycles. The summed E-state index contributed by atoms with van der Waals surface area (Å²) in [7, 11) is 0. The highest BCUT2D eigenvalue weighted by Crippen LogP contribution is 2.18. The fraction of sp³-hybridized carbons (Fsp3) is 0.381. The van der Waals surface area contributed by atoms with Gasteiger partial charge in [-0.15, -0.1) is 0 Å². The van der Waals surface area contributed by atoms with Gasteiger partial charge in [0.15, 0.2) is 11.6 Å². The number of benzene rings is 2. The number of hydrogen-bond donors (Lipinski definition) is 1. The van der Waals surface area contributed by atoms with Gasteiger partial charge in [-0.25, -0.2) is 13.6 Å². The number of amides is 2. The number of halogens is 2. The van der Waals surface area contributed by atoms with Crippen molar-refractivity contribution in [1.82, 2.24) is 15.1 Å². The Morgan fingerprint density at radius 2 is 1.93 bits per heavy atom. The van der Waals surface area contributed by atoms with E-state index in [1.165, 1.54) is 11.6 Å². The first-order valence-electron chi connectivity index (χ1n) is 9.31. The molecule has 1 fully saturated rings. The van der Waals surface area contributed by atoms with Crippen molar-refractivity contribution in [2.75, 3.05) is 19.6 Å². The summed E-state index contributed by atoms with van der Waals surface area (Å²) < 4.78 is 26.3. The normalized spacial score (nSPS) is 17.1. The number of rotatable bonds is 6. The third-order valence-electron chi connectivity index (χ3n) is 4.97. The van der Waals surface area contributed by atoms with E-state index in [1.807, 2.05) is 30.0 Å². The Balaban J connectivity index is 1.53. The molecule has 1 aliphatic rings. The van der Waals surface area contributed by atoms with Crippen LogP contribution in [-0.4, -0.2) is 41.5 Å². The van der Waals surface area contributed by atoms with E-state index in [0.717, 1.165) is 38.2 Å². The number of hydrogen-bond acceptors (Lipinski definition) is 2. The SMILES string of the molecule is CCN(C(=O)NCc1ccc(F)c(F)c1)C1CCN(Cc2ccccc2)C1. The Bertz CT molecular complexity index is 769. The molecule has 0 aliphatic carbocycles. The first-order chi connectivity index (χ1) is 13.1. The quantitative estimate of drug-likeness (QED) is 0.837. The number of nitrogens with zero attached hydrogens (tertiary/aromatic N) is 2. The zero-order chi connectivity index (χ0) is 19.2. The molecule has 6 heteroatoms. The van der Waals surface area contributed by atoms with Gasteiger partial charge < -0.3 is 10.2 Å². The summed E-state index contributed by atoms with van der Waals surface area (Å²) in [6.07, 6.45) is 0.930. The molecule has 2 amide bonds. The topological polar surface area (TPSA) is 35.6 Å². The van der Waals surface area contributed by atoms with E-state index in [1.54, 1.807) is 0 Å². The smallest absolute Gasteiger partial charge is 0.317 e. The molecule has 4 nitrogen and oxygen atoms in total. The minimum Gasteiger partial charge on any atom is -0.334 e. The molecule has 27 heavy (non-hydrogen) atoms. The number of nitrogens with one attached hydrogen (secondary N) is 1. The molecule has 0 spiro atoms. The van der Waals surface area contributed by atoms with E-state index >= 15 is 0 Å². The van der Waals surface area contributed by atoms with Gasteiger partial charge in [-0.05, 0) is 36.6 Å². The summed E-state index contributed by atoms with van der Waals surface area (Å²) >= 11 is 0. The Morgan fingerprint density at radius 3 is 2.63 bits per heavy atom. The maximum absolute atomic E-state index is 13.3. The van der Waals surface area contributed by atoms with Crippen molar-refractivity contribution in [3.63, 3.8) is 0 Å². The number of likely N-dealkylation sites (tertiary alicyclic amines) is 1. The number of carbonyl (C=O) groups excluding carboxylic acids is 1. The van der Waals surface area contributed by atoms with Crippen LogP contribution >= 0.6 is 0 Å². The van der Waals surface area contributed by atoms with E-state index in [0.29, 0.717) is 12.1 Å². The fourth-order valence-electron chi connectivity index (χ4n) is 3.55. The van der Waals surface area contributed by atoms with Crippen LogP contribution in [-0.2, 0) is 13.1 Å². The van der Waals surface area contributed by atoms with Crippen molar-refractivity contribution in [3.05, 3.63) is 71.3 Å². The van der Waals surface area contributed by atoms with Crippen LogP contribution in [0.4, 0.5) is 13.6 Å². The Kier molecular flexibility index (Phi) is 6.40. The average Bonchev–Trinajstić information content (AvgIpc) is 3.12. The van der Waals surface area contributed by atoms with Crippen LogP contribution < -0.4 is 5.32 Å². The molecular formula is C21H25F2N3O. The lowest BCUT2D eigenvalue weighted by Crippen LogP contribution is -2.46. The number of urea groups is 1. The Labute approximate surface area is 158 Å². The highest BCUT2D eigenvalue weighted by atomic mass is 19.2. The highest BCUT2D eigenvalue weighted by Gasteiger charge is 2.29. The second kappa shape index (κ2) is 8.95. The third kappa shape index (κ3) is 5.04. The molecule has 1 atom stereocenters. The molecule has 1 unspecified atom stereocenters. The molecule has 0 saturated carbocycles. The zero-order valence-corrected chi connectivity index (χ0v) is 15.5. The molecule has 1 N–H and O–H groups in total. The van der Waals surface area contributed by atoms with Crippen LogP contribution in [0.2, 0.25) is 0 Å². The third-order valence-corrected chi connectivity index (χ3v) is 4.97. The second-order valence-corrected chi connectivity index (χ2v) is 6.86. The number of carbonyl (C=O) groups is 1. The molecular weight excluding hydrogens is 348 g/mol. The van der Waals surface area contributed by atoms with Crippen molar-refractivity contribution >= 4 is 6.03 Å². The van der Waals surface area contributed by atoms with Crippen LogP contribution in [0.3, 0.4) is 0 Å². The van der Waals surface area contributed by atoms with Crippen molar-refractivity contribution in [1.29, 1.82) is 0 Å². The van der Waals surface area contributed by atoms with Crippen molar-refractivity contribution in [2.45, 2.75) is 32.5 Å². The number of likely N-dealkylation sites (N-methyl/N-ethyl adjacent to an activating group) is 1. The average molecular weight is 373 g/mol.